The second-order valence-electron chi connectivity index (χ2n) is 4.80. The predicted octanol–water partition coefficient (Wildman–Crippen LogP) is 1.75. The highest BCUT2D eigenvalue weighted by Gasteiger charge is 2.29. The quantitative estimate of drug-likeness (QED) is 0.595. The molecule has 0 saturated heterocycles. The summed E-state index contributed by atoms with van der Waals surface area (Å²) in [5.74, 6) is -2.74. The van der Waals surface area contributed by atoms with Crippen LogP contribution in [0, 0.1) is 0 Å². The molecule has 1 atom stereocenters. The van der Waals surface area contributed by atoms with E-state index in [1.165, 1.54) is 0 Å². The molecule has 1 unspecified atom stereocenters. The van der Waals surface area contributed by atoms with Crippen molar-refractivity contribution in [1.29, 1.82) is 0 Å². The lowest BCUT2D eigenvalue weighted by Crippen LogP contribution is -2.24. The molecule has 0 aromatic carbocycles. The summed E-state index contributed by atoms with van der Waals surface area (Å²) in [6.07, 6.45) is 1.68. The molecule has 0 amide bonds. The van der Waals surface area contributed by atoms with E-state index in [0.29, 0.717) is 11.3 Å². The van der Waals surface area contributed by atoms with Gasteiger partial charge in [-0.2, -0.15) is 0 Å². The Morgan fingerprint density at radius 1 is 1.17 bits per heavy atom. The number of Topliss-reactive ketones (excluding diaryl/α,β-unsaturated/α-hetero) is 1. The number of ether oxygens (including phenoxy) is 2. The fourth-order valence-electron chi connectivity index (χ4n) is 2.21. The van der Waals surface area contributed by atoms with Crippen LogP contribution in [0.2, 0.25) is 0 Å². The molecule has 0 aliphatic rings. The van der Waals surface area contributed by atoms with Gasteiger partial charge in [-0.05, 0) is 32.9 Å². The van der Waals surface area contributed by atoms with Gasteiger partial charge in [0.05, 0.1) is 24.6 Å². The fourth-order valence-corrected chi connectivity index (χ4v) is 2.21. The summed E-state index contributed by atoms with van der Waals surface area (Å²) in [7, 11) is 0. The van der Waals surface area contributed by atoms with Crippen molar-refractivity contribution < 1.29 is 23.9 Å². The van der Waals surface area contributed by atoms with Gasteiger partial charge in [0.1, 0.15) is 5.82 Å². The van der Waals surface area contributed by atoms with Crippen molar-refractivity contribution in [1.82, 2.24) is 9.38 Å². The molecule has 122 valence electrons. The number of aromatic nitrogens is 2. The van der Waals surface area contributed by atoms with Crippen LogP contribution in [0.1, 0.15) is 43.0 Å². The third-order valence-electron chi connectivity index (χ3n) is 3.30. The molecule has 0 N–H and O–H groups in total. The molecule has 2 aromatic rings. The molecule has 0 aliphatic heterocycles. The molecule has 0 fully saturated rings. The third-order valence-corrected chi connectivity index (χ3v) is 3.30. The fraction of sp³-hybridized carbons (Fsp3) is 0.375. The second kappa shape index (κ2) is 7.04. The Bertz CT molecular complexity index is 750. The van der Waals surface area contributed by atoms with Crippen molar-refractivity contribution in [3.8, 4) is 0 Å². The number of esters is 2. The molecular weight excluding hydrogens is 300 g/mol. The van der Waals surface area contributed by atoms with E-state index < -0.39 is 23.6 Å². The van der Waals surface area contributed by atoms with Gasteiger partial charge in [0.15, 0.2) is 5.69 Å². The van der Waals surface area contributed by atoms with Crippen molar-refractivity contribution in [2.24, 2.45) is 0 Å². The molecule has 2 rings (SSSR count). The predicted molar refractivity (Wildman–Crippen MR) is 81.2 cm³/mol. The molecular formula is C16H18N2O5. The minimum Gasteiger partial charge on any atom is -0.461 e. The van der Waals surface area contributed by atoms with Crippen LogP contribution in [-0.2, 0) is 19.1 Å². The molecule has 23 heavy (non-hydrogen) atoms. The zero-order valence-electron chi connectivity index (χ0n) is 13.2. The van der Waals surface area contributed by atoms with E-state index in [1.807, 2.05) is 0 Å². The minimum absolute atomic E-state index is 0.117. The van der Waals surface area contributed by atoms with E-state index in [0.717, 1.165) is 0 Å². The van der Waals surface area contributed by atoms with Crippen LogP contribution in [0.25, 0.3) is 5.52 Å². The van der Waals surface area contributed by atoms with Crippen LogP contribution in [0.4, 0.5) is 0 Å². The average Bonchev–Trinajstić information content (AvgIpc) is 2.93. The summed E-state index contributed by atoms with van der Waals surface area (Å²) in [4.78, 5) is 40.0. The van der Waals surface area contributed by atoms with Gasteiger partial charge in [-0.3, -0.25) is 4.79 Å². The number of hydrogen-bond acceptors (Lipinski definition) is 6. The number of hydrogen-bond donors (Lipinski definition) is 0. The number of rotatable bonds is 6. The van der Waals surface area contributed by atoms with Gasteiger partial charge in [0.25, 0.3) is 0 Å². The van der Waals surface area contributed by atoms with E-state index in [1.54, 1.807) is 49.6 Å². The molecule has 2 heterocycles. The molecule has 2 aromatic heterocycles. The van der Waals surface area contributed by atoms with Crippen molar-refractivity contribution in [2.45, 2.75) is 26.7 Å². The number of carbonyl (C=O) groups is 3. The first-order valence-electron chi connectivity index (χ1n) is 7.36. The second-order valence-corrected chi connectivity index (χ2v) is 4.80. The minimum atomic E-state index is -0.912. The van der Waals surface area contributed by atoms with Crippen LogP contribution in [0.15, 0.2) is 24.4 Å². The van der Waals surface area contributed by atoms with E-state index in [2.05, 4.69) is 4.98 Å². The van der Waals surface area contributed by atoms with Crippen LogP contribution in [0.3, 0.4) is 0 Å². The molecule has 7 heteroatoms. The van der Waals surface area contributed by atoms with E-state index in [-0.39, 0.29) is 18.9 Å². The number of imidazole rings is 1. The Balaban J connectivity index is 2.47. The van der Waals surface area contributed by atoms with Crippen LogP contribution in [-0.4, -0.2) is 40.3 Å². The summed E-state index contributed by atoms with van der Waals surface area (Å²) in [5.41, 5.74) is 0.635. The maximum atomic E-state index is 12.1. The van der Waals surface area contributed by atoms with Gasteiger partial charge in [-0.25, -0.2) is 14.6 Å². The van der Waals surface area contributed by atoms with Gasteiger partial charge < -0.3 is 13.9 Å². The normalized spacial score (nSPS) is 12.0. The van der Waals surface area contributed by atoms with Crippen LogP contribution >= 0.6 is 0 Å². The molecule has 0 radical (unpaired) electrons. The number of pyridine rings is 1. The van der Waals surface area contributed by atoms with Crippen LogP contribution in [0.5, 0.6) is 0 Å². The number of fused-ring (bicyclic) bond motifs is 1. The maximum absolute atomic E-state index is 12.1. The average molecular weight is 318 g/mol. The number of carbonyl (C=O) groups excluding carboxylic acids is 3. The van der Waals surface area contributed by atoms with Gasteiger partial charge in [0.2, 0.25) is 5.78 Å². The van der Waals surface area contributed by atoms with Gasteiger partial charge in [0, 0.05) is 6.20 Å². The van der Waals surface area contributed by atoms with E-state index in [9.17, 15) is 14.4 Å². The Morgan fingerprint density at radius 2 is 1.87 bits per heavy atom. The topological polar surface area (TPSA) is 87.0 Å². The van der Waals surface area contributed by atoms with E-state index >= 15 is 0 Å². The maximum Gasteiger partial charge on any atom is 0.375 e. The van der Waals surface area contributed by atoms with Gasteiger partial charge >= 0.3 is 11.9 Å². The number of ketones is 1. The first-order chi connectivity index (χ1) is 11.0. The molecule has 0 aliphatic carbocycles. The monoisotopic (exact) mass is 318 g/mol. The third kappa shape index (κ3) is 3.23. The molecule has 0 bridgehead atoms. The molecule has 0 saturated carbocycles. The first kappa shape index (κ1) is 16.7. The lowest BCUT2D eigenvalue weighted by Gasteiger charge is -2.08. The molecule has 0 spiro atoms. The summed E-state index contributed by atoms with van der Waals surface area (Å²) < 4.78 is 11.3. The Kier molecular flexibility index (Phi) is 5.10. The highest BCUT2D eigenvalue weighted by Crippen LogP contribution is 2.21. The SMILES string of the molecule is CCOC(=O)C(=O)C(C)c1nc(C(=O)OCC)c2ccccn12. The Labute approximate surface area is 133 Å². The smallest absolute Gasteiger partial charge is 0.375 e. The van der Waals surface area contributed by atoms with Crippen molar-refractivity contribution in [2.75, 3.05) is 13.2 Å². The standard InChI is InChI=1S/C16H18N2O5/c1-4-22-15(20)12-11-8-6-7-9-18(11)14(17-12)10(3)13(19)16(21)23-5-2/h6-10H,4-5H2,1-3H3. The molecule has 7 nitrogen and oxygen atoms in total. The zero-order valence-corrected chi connectivity index (χ0v) is 13.2. The highest BCUT2D eigenvalue weighted by atomic mass is 16.5. The van der Waals surface area contributed by atoms with Gasteiger partial charge in [-0.15, -0.1) is 0 Å². The van der Waals surface area contributed by atoms with E-state index in [4.69, 9.17) is 9.47 Å². The summed E-state index contributed by atoms with van der Waals surface area (Å²) in [6, 6.07) is 5.19. The van der Waals surface area contributed by atoms with Crippen LogP contribution < -0.4 is 0 Å². The lowest BCUT2D eigenvalue weighted by atomic mass is 10.1. The summed E-state index contributed by atoms with van der Waals surface area (Å²) in [5, 5.41) is 0. The van der Waals surface area contributed by atoms with Crippen molar-refractivity contribution in [3.63, 3.8) is 0 Å². The lowest BCUT2D eigenvalue weighted by molar-refractivity contribution is -0.154. The first-order valence-corrected chi connectivity index (χ1v) is 7.36. The summed E-state index contributed by atoms with van der Waals surface area (Å²) in [6.45, 7) is 5.21. The van der Waals surface area contributed by atoms with Gasteiger partial charge in [-0.1, -0.05) is 6.07 Å². The Morgan fingerprint density at radius 3 is 2.52 bits per heavy atom. The summed E-state index contributed by atoms with van der Waals surface area (Å²) >= 11 is 0. The van der Waals surface area contributed by atoms with Crippen molar-refractivity contribution >= 4 is 23.2 Å². The van der Waals surface area contributed by atoms with Crippen molar-refractivity contribution in [3.05, 3.63) is 35.9 Å². The zero-order chi connectivity index (χ0) is 17.0. The number of nitrogens with zero attached hydrogens (tertiary/aromatic N) is 2. The Hall–Kier alpha value is -2.70. The largest absolute Gasteiger partial charge is 0.461 e. The highest BCUT2D eigenvalue weighted by molar-refractivity contribution is 6.35.